The number of carbonyl (C=O) groups is 1. The lowest BCUT2D eigenvalue weighted by Crippen LogP contribution is -2.10. The van der Waals surface area contributed by atoms with E-state index in [2.05, 4.69) is 20.9 Å². The highest BCUT2D eigenvalue weighted by Gasteiger charge is 2.36. The van der Waals surface area contributed by atoms with E-state index in [-0.39, 0.29) is 11.7 Å². The second-order valence-corrected chi connectivity index (χ2v) is 6.45. The van der Waals surface area contributed by atoms with Crippen LogP contribution in [0.1, 0.15) is 27.7 Å². The Labute approximate surface area is 134 Å². The van der Waals surface area contributed by atoms with Crippen molar-refractivity contribution in [3.63, 3.8) is 0 Å². The van der Waals surface area contributed by atoms with Crippen molar-refractivity contribution >= 4 is 39.0 Å². The number of aromatic nitrogens is 2. The SMILES string of the molecule is O=C1c2c(nc3ccc(Br)cn23)CC1c1ccccc1Cl. The van der Waals surface area contributed by atoms with E-state index in [9.17, 15) is 4.79 Å². The van der Waals surface area contributed by atoms with Crippen molar-refractivity contribution in [3.05, 3.63) is 69.0 Å². The van der Waals surface area contributed by atoms with Crippen LogP contribution in [-0.2, 0) is 6.42 Å². The van der Waals surface area contributed by atoms with Crippen molar-refractivity contribution in [1.29, 1.82) is 0 Å². The monoisotopic (exact) mass is 360 g/mol. The third kappa shape index (κ3) is 1.93. The number of ketones is 1. The van der Waals surface area contributed by atoms with Crippen LogP contribution in [0.25, 0.3) is 5.65 Å². The summed E-state index contributed by atoms with van der Waals surface area (Å²) in [5.41, 5.74) is 3.21. The molecule has 1 aliphatic rings. The first-order valence-electron chi connectivity index (χ1n) is 6.60. The van der Waals surface area contributed by atoms with E-state index in [1.807, 2.05) is 47.0 Å². The molecule has 0 aliphatic heterocycles. The predicted octanol–water partition coefficient (Wildman–Crippen LogP) is 4.27. The number of pyridine rings is 1. The Bertz CT molecular complexity index is 887. The van der Waals surface area contributed by atoms with Gasteiger partial charge in [0.05, 0.1) is 11.6 Å². The van der Waals surface area contributed by atoms with Crippen molar-refractivity contribution in [2.24, 2.45) is 0 Å². The number of Topliss-reactive ketones (excluding diaryl/α,β-unsaturated/α-hetero) is 1. The highest BCUT2D eigenvalue weighted by atomic mass is 79.9. The summed E-state index contributed by atoms with van der Waals surface area (Å²) in [7, 11) is 0. The molecule has 0 spiro atoms. The lowest BCUT2D eigenvalue weighted by Gasteiger charge is -2.10. The van der Waals surface area contributed by atoms with E-state index >= 15 is 0 Å². The Morgan fingerprint density at radius 2 is 2.05 bits per heavy atom. The fourth-order valence-corrected chi connectivity index (χ4v) is 3.54. The van der Waals surface area contributed by atoms with Gasteiger partial charge in [0, 0.05) is 22.1 Å². The van der Waals surface area contributed by atoms with Crippen LogP contribution in [0, 0.1) is 0 Å². The van der Waals surface area contributed by atoms with Crippen molar-refractivity contribution in [1.82, 2.24) is 9.38 Å². The zero-order chi connectivity index (χ0) is 14.6. The molecule has 0 saturated heterocycles. The summed E-state index contributed by atoms with van der Waals surface area (Å²) in [5.74, 6) is -0.143. The van der Waals surface area contributed by atoms with Crippen LogP contribution < -0.4 is 0 Å². The van der Waals surface area contributed by atoms with Crippen molar-refractivity contribution in [3.8, 4) is 0 Å². The third-order valence-corrected chi connectivity index (χ3v) is 4.70. The van der Waals surface area contributed by atoms with Crippen LogP contribution in [0.4, 0.5) is 0 Å². The fourth-order valence-electron chi connectivity index (χ4n) is 2.93. The molecular formula is C16H10BrClN2O. The Morgan fingerprint density at radius 1 is 1.24 bits per heavy atom. The summed E-state index contributed by atoms with van der Waals surface area (Å²) in [6.07, 6.45) is 2.49. The fraction of sp³-hybridized carbons (Fsp3) is 0.125. The topological polar surface area (TPSA) is 34.4 Å². The van der Waals surface area contributed by atoms with Gasteiger partial charge in [0.2, 0.25) is 0 Å². The molecule has 0 N–H and O–H groups in total. The van der Waals surface area contributed by atoms with Gasteiger partial charge in [0.15, 0.2) is 5.78 Å². The lowest BCUT2D eigenvalue weighted by atomic mass is 9.96. The molecule has 2 heterocycles. The number of nitrogens with zero attached hydrogens (tertiary/aromatic N) is 2. The zero-order valence-corrected chi connectivity index (χ0v) is 13.2. The van der Waals surface area contributed by atoms with E-state index in [1.165, 1.54) is 0 Å². The van der Waals surface area contributed by atoms with Gasteiger partial charge in [-0.1, -0.05) is 29.8 Å². The molecule has 0 radical (unpaired) electrons. The molecule has 1 aromatic carbocycles. The highest BCUT2D eigenvalue weighted by molar-refractivity contribution is 9.10. The smallest absolute Gasteiger partial charge is 0.189 e. The van der Waals surface area contributed by atoms with Gasteiger partial charge in [-0.05, 0) is 39.7 Å². The predicted molar refractivity (Wildman–Crippen MR) is 85.1 cm³/mol. The summed E-state index contributed by atoms with van der Waals surface area (Å²) in [4.78, 5) is 17.4. The number of hydrogen-bond donors (Lipinski definition) is 0. The number of hydrogen-bond acceptors (Lipinski definition) is 2. The molecule has 21 heavy (non-hydrogen) atoms. The van der Waals surface area contributed by atoms with Gasteiger partial charge in [-0.2, -0.15) is 0 Å². The summed E-state index contributed by atoms with van der Waals surface area (Å²) >= 11 is 9.67. The first-order valence-corrected chi connectivity index (χ1v) is 7.77. The molecule has 3 nitrogen and oxygen atoms in total. The second kappa shape index (κ2) is 4.68. The van der Waals surface area contributed by atoms with E-state index in [4.69, 9.17) is 11.6 Å². The van der Waals surface area contributed by atoms with E-state index in [0.717, 1.165) is 21.4 Å². The number of benzene rings is 1. The summed E-state index contributed by atoms with van der Waals surface area (Å²) in [5, 5.41) is 0.636. The summed E-state index contributed by atoms with van der Waals surface area (Å²) < 4.78 is 2.78. The standard InChI is InChI=1S/C16H10BrClN2O/c17-9-5-6-14-19-13-7-11(10-3-1-2-4-12(10)18)16(21)15(13)20(14)8-9/h1-6,8,11H,7H2. The number of rotatable bonds is 1. The molecule has 1 unspecified atom stereocenters. The van der Waals surface area contributed by atoms with Crippen LogP contribution >= 0.6 is 27.5 Å². The summed E-state index contributed by atoms with van der Waals surface area (Å²) in [6, 6.07) is 11.3. The molecule has 5 heteroatoms. The first kappa shape index (κ1) is 13.0. The average Bonchev–Trinajstić information content (AvgIpc) is 2.97. The van der Waals surface area contributed by atoms with E-state index in [0.29, 0.717) is 17.1 Å². The number of halogens is 2. The maximum absolute atomic E-state index is 12.8. The Hall–Kier alpha value is -1.65. The maximum Gasteiger partial charge on any atom is 0.189 e. The molecule has 104 valence electrons. The van der Waals surface area contributed by atoms with Crippen molar-refractivity contribution in [2.75, 3.05) is 0 Å². The molecular weight excluding hydrogens is 352 g/mol. The maximum atomic E-state index is 12.8. The largest absolute Gasteiger partial charge is 0.296 e. The van der Waals surface area contributed by atoms with E-state index in [1.54, 1.807) is 0 Å². The molecule has 0 bridgehead atoms. The molecule has 1 aliphatic carbocycles. The zero-order valence-electron chi connectivity index (χ0n) is 10.9. The quantitative estimate of drug-likeness (QED) is 0.648. The Morgan fingerprint density at radius 3 is 2.86 bits per heavy atom. The van der Waals surface area contributed by atoms with Crippen molar-refractivity contribution in [2.45, 2.75) is 12.3 Å². The Kier molecular flexibility index (Phi) is 2.91. The molecule has 0 amide bonds. The van der Waals surface area contributed by atoms with Crippen LogP contribution in [-0.4, -0.2) is 15.2 Å². The Balaban J connectivity index is 1.86. The minimum Gasteiger partial charge on any atom is -0.296 e. The number of carbonyl (C=O) groups excluding carboxylic acids is 1. The van der Waals surface area contributed by atoms with Gasteiger partial charge in [-0.3, -0.25) is 9.20 Å². The van der Waals surface area contributed by atoms with Gasteiger partial charge >= 0.3 is 0 Å². The van der Waals surface area contributed by atoms with Crippen molar-refractivity contribution < 1.29 is 4.79 Å². The third-order valence-electron chi connectivity index (χ3n) is 3.88. The van der Waals surface area contributed by atoms with Gasteiger partial charge in [-0.25, -0.2) is 4.98 Å². The number of imidazole rings is 1. The lowest BCUT2D eigenvalue weighted by molar-refractivity contribution is 0.0967. The molecule has 4 rings (SSSR count). The van der Waals surface area contributed by atoms with Crippen LogP contribution in [0.3, 0.4) is 0 Å². The molecule has 3 aromatic rings. The highest BCUT2D eigenvalue weighted by Crippen LogP contribution is 2.37. The molecule has 0 saturated carbocycles. The van der Waals surface area contributed by atoms with Gasteiger partial charge < -0.3 is 0 Å². The minimum absolute atomic E-state index is 0.0868. The van der Waals surface area contributed by atoms with Crippen LogP contribution in [0.15, 0.2) is 47.1 Å². The average molecular weight is 362 g/mol. The molecule has 1 atom stereocenters. The second-order valence-electron chi connectivity index (χ2n) is 5.13. The normalized spacial score (nSPS) is 17.4. The molecule has 2 aromatic heterocycles. The van der Waals surface area contributed by atoms with E-state index < -0.39 is 0 Å². The number of fused-ring (bicyclic) bond motifs is 3. The minimum atomic E-state index is -0.230. The van der Waals surface area contributed by atoms with Gasteiger partial charge in [0.25, 0.3) is 0 Å². The van der Waals surface area contributed by atoms with Crippen LogP contribution in [0.2, 0.25) is 5.02 Å². The van der Waals surface area contributed by atoms with Gasteiger partial charge in [-0.15, -0.1) is 0 Å². The van der Waals surface area contributed by atoms with Gasteiger partial charge in [0.1, 0.15) is 11.3 Å². The summed E-state index contributed by atoms with van der Waals surface area (Å²) in [6.45, 7) is 0. The molecule has 0 fully saturated rings. The van der Waals surface area contributed by atoms with Crippen LogP contribution in [0.5, 0.6) is 0 Å². The first-order chi connectivity index (χ1) is 10.1.